The number of esters is 1. The van der Waals surface area contributed by atoms with E-state index in [1.807, 2.05) is 12.2 Å². The van der Waals surface area contributed by atoms with Gasteiger partial charge in [-0.05, 0) is 76.0 Å². The summed E-state index contributed by atoms with van der Waals surface area (Å²) in [4.78, 5) is 48.0. The first-order chi connectivity index (χ1) is 20.7. The molecule has 1 atom stereocenters. The molecule has 1 rings (SSSR count). The van der Waals surface area contributed by atoms with Gasteiger partial charge in [-0.2, -0.15) is 0 Å². The number of carbonyl (C=O) groups excluding carboxylic acids is 3. The van der Waals surface area contributed by atoms with Crippen LogP contribution < -0.4 is 10.1 Å². The van der Waals surface area contributed by atoms with Crippen molar-refractivity contribution in [3.05, 3.63) is 102 Å². The molecule has 0 saturated carbocycles. The number of carboxylic acids is 1. The van der Waals surface area contributed by atoms with Gasteiger partial charge in [-0.15, -0.1) is 0 Å². The minimum atomic E-state index is -1.21. The molecule has 0 radical (unpaired) electrons. The predicted octanol–water partition coefficient (Wildman–Crippen LogP) is 7.93. The summed E-state index contributed by atoms with van der Waals surface area (Å²) in [6.07, 6.45) is 31.3. The number of carbonyl (C=O) groups is 4. The van der Waals surface area contributed by atoms with Gasteiger partial charge in [-0.25, -0.2) is 4.79 Å². The number of amides is 1. The van der Waals surface area contributed by atoms with Crippen LogP contribution in [0.4, 0.5) is 0 Å². The van der Waals surface area contributed by atoms with Crippen LogP contribution in [0.2, 0.25) is 0 Å². The maximum absolute atomic E-state index is 12.7. The predicted molar refractivity (Wildman–Crippen MR) is 173 cm³/mol. The number of benzene rings is 1. The maximum Gasteiger partial charge on any atom is 0.326 e. The van der Waals surface area contributed by atoms with E-state index in [1.54, 1.807) is 25.1 Å². The third-order valence-corrected chi connectivity index (χ3v) is 6.12. The summed E-state index contributed by atoms with van der Waals surface area (Å²) in [5, 5.41) is 12.0. The van der Waals surface area contributed by atoms with Crippen molar-refractivity contribution < 1.29 is 29.0 Å². The van der Waals surface area contributed by atoms with Crippen LogP contribution in [0.5, 0.6) is 5.75 Å². The van der Waals surface area contributed by atoms with Crippen LogP contribution >= 0.6 is 0 Å². The average Bonchev–Trinajstić information content (AvgIpc) is 2.96. The summed E-state index contributed by atoms with van der Waals surface area (Å²) >= 11 is 0. The Morgan fingerprint density at radius 3 is 1.79 bits per heavy atom. The van der Waals surface area contributed by atoms with Crippen molar-refractivity contribution in [1.82, 2.24) is 5.32 Å². The van der Waals surface area contributed by atoms with Crippen LogP contribution in [0.3, 0.4) is 0 Å². The first-order valence-electron chi connectivity index (χ1n) is 15.0. The fourth-order valence-electron chi connectivity index (χ4n) is 3.89. The van der Waals surface area contributed by atoms with E-state index < -0.39 is 23.9 Å². The van der Waals surface area contributed by atoms with Gasteiger partial charge in [0.15, 0.2) is 5.78 Å². The highest BCUT2D eigenvalue weighted by Gasteiger charge is 2.22. The first-order valence-corrected chi connectivity index (χ1v) is 15.0. The summed E-state index contributed by atoms with van der Waals surface area (Å²) in [6, 6.07) is 3.66. The second kappa shape index (κ2) is 23.3. The van der Waals surface area contributed by atoms with Crippen molar-refractivity contribution >= 4 is 23.6 Å². The number of ether oxygens (including phenoxy) is 1. The molecule has 0 saturated heterocycles. The molecule has 43 heavy (non-hydrogen) atoms. The molecular weight excluding hydrogens is 542 g/mol. The molecule has 0 spiro atoms. The summed E-state index contributed by atoms with van der Waals surface area (Å²) in [5.74, 6) is -2.38. The van der Waals surface area contributed by atoms with Gasteiger partial charge in [-0.1, -0.05) is 85.9 Å². The lowest BCUT2D eigenvalue weighted by atomic mass is 10.0. The Balaban J connectivity index is 2.30. The van der Waals surface area contributed by atoms with Gasteiger partial charge in [0.25, 0.3) is 0 Å². The molecule has 0 aromatic heterocycles. The smallest absolute Gasteiger partial charge is 0.326 e. The lowest BCUT2D eigenvalue weighted by molar-refractivity contribution is -0.142. The number of rotatable bonds is 21. The van der Waals surface area contributed by atoms with Crippen LogP contribution in [0, 0.1) is 6.92 Å². The monoisotopic (exact) mass is 589 g/mol. The molecule has 0 aliphatic rings. The van der Waals surface area contributed by atoms with Crippen molar-refractivity contribution in [2.45, 2.75) is 91.0 Å². The molecule has 7 heteroatoms. The summed E-state index contributed by atoms with van der Waals surface area (Å²) < 4.78 is 5.13. The van der Waals surface area contributed by atoms with E-state index in [0.29, 0.717) is 6.42 Å². The number of ketones is 1. The van der Waals surface area contributed by atoms with E-state index in [9.17, 15) is 24.3 Å². The van der Waals surface area contributed by atoms with Crippen molar-refractivity contribution in [3.8, 4) is 5.75 Å². The summed E-state index contributed by atoms with van der Waals surface area (Å²) in [7, 11) is 0. The third kappa shape index (κ3) is 18.7. The standard InChI is InChI=1S/C36H47NO6/c1-4-5-6-7-8-9-10-11-12-13-14-15-16-17-18-19-20-21-22-23-35(40)37-32(36(41)42)26-27-33(39)31-25-24-29(2)28-34(31)43-30(3)38/h5-6,8-9,11-12,14-15,17-18,20-21,24-25,28,32H,4,7,10,13,16,19,22-23,26-27H2,1-3H3,(H,37,40)(H,41,42)/b6-5-,9-8-,12-11-,15-14-,18-17-,21-20-. The maximum atomic E-state index is 12.7. The zero-order chi connectivity index (χ0) is 31.7. The molecular formula is C36H47NO6. The molecule has 1 amide bonds. The molecule has 0 heterocycles. The highest BCUT2D eigenvalue weighted by atomic mass is 16.5. The molecule has 1 aromatic rings. The minimum Gasteiger partial charge on any atom is -0.480 e. The molecule has 0 bridgehead atoms. The number of Topliss-reactive ketones (excluding diaryl/α,β-unsaturated/α-hetero) is 1. The molecule has 7 nitrogen and oxygen atoms in total. The van der Waals surface area contributed by atoms with Crippen molar-refractivity contribution in [3.63, 3.8) is 0 Å². The topological polar surface area (TPSA) is 110 Å². The number of hydrogen-bond acceptors (Lipinski definition) is 5. The normalized spacial score (nSPS) is 12.8. The fraction of sp³-hybridized carbons (Fsp3) is 0.389. The van der Waals surface area contributed by atoms with E-state index in [0.717, 1.165) is 44.1 Å². The van der Waals surface area contributed by atoms with Crippen LogP contribution in [-0.4, -0.2) is 34.8 Å². The zero-order valence-corrected chi connectivity index (χ0v) is 25.8. The van der Waals surface area contributed by atoms with Crippen molar-refractivity contribution in [2.24, 2.45) is 0 Å². The van der Waals surface area contributed by atoms with Crippen molar-refractivity contribution in [1.29, 1.82) is 0 Å². The Kier molecular flexibility index (Phi) is 19.9. The number of nitrogens with one attached hydrogen (secondary N) is 1. The van der Waals surface area contributed by atoms with E-state index in [-0.39, 0.29) is 36.4 Å². The average molecular weight is 590 g/mol. The molecule has 232 valence electrons. The van der Waals surface area contributed by atoms with Gasteiger partial charge in [-0.3, -0.25) is 14.4 Å². The number of aryl methyl sites for hydroxylation is 1. The van der Waals surface area contributed by atoms with Crippen LogP contribution in [0.1, 0.15) is 94.0 Å². The molecule has 2 N–H and O–H groups in total. The van der Waals surface area contributed by atoms with Crippen LogP contribution in [-0.2, 0) is 14.4 Å². The fourth-order valence-corrected chi connectivity index (χ4v) is 3.89. The highest BCUT2D eigenvalue weighted by molar-refractivity contribution is 5.99. The molecule has 0 aliphatic heterocycles. The number of aliphatic carboxylic acids is 1. The van der Waals surface area contributed by atoms with Crippen LogP contribution in [0.15, 0.2) is 91.1 Å². The Hall–Kier alpha value is -4.26. The Labute approximate surface area is 256 Å². The quantitative estimate of drug-likeness (QED) is 0.0652. The third-order valence-electron chi connectivity index (χ3n) is 6.12. The molecule has 0 fully saturated rings. The Morgan fingerprint density at radius 1 is 0.791 bits per heavy atom. The van der Waals surface area contributed by atoms with Gasteiger partial charge in [0.1, 0.15) is 11.8 Å². The Bertz CT molecular complexity index is 1200. The lowest BCUT2D eigenvalue weighted by Crippen LogP contribution is -2.41. The summed E-state index contributed by atoms with van der Waals surface area (Å²) in [6.45, 7) is 5.18. The second-order valence-corrected chi connectivity index (χ2v) is 9.97. The van der Waals surface area contributed by atoms with Gasteiger partial charge >= 0.3 is 11.9 Å². The zero-order valence-electron chi connectivity index (χ0n) is 25.8. The van der Waals surface area contributed by atoms with Gasteiger partial charge in [0.2, 0.25) is 5.91 Å². The lowest BCUT2D eigenvalue weighted by Gasteiger charge is -2.15. The molecule has 0 aliphatic carbocycles. The van der Waals surface area contributed by atoms with E-state index in [2.05, 4.69) is 73.0 Å². The SMILES string of the molecule is CC/C=C\C/C=C\C/C=C\C/C=C\C/C=C\C/C=C\CCC(=O)NC(CCC(=O)c1ccc(C)cc1OC(C)=O)C(=O)O. The van der Waals surface area contributed by atoms with E-state index in [1.165, 1.54) is 6.92 Å². The first kappa shape index (κ1) is 36.8. The molecule has 1 aromatic carbocycles. The largest absolute Gasteiger partial charge is 0.480 e. The summed E-state index contributed by atoms with van der Waals surface area (Å²) in [5.41, 5.74) is 1.02. The van der Waals surface area contributed by atoms with Gasteiger partial charge in [0.05, 0.1) is 5.56 Å². The van der Waals surface area contributed by atoms with E-state index >= 15 is 0 Å². The van der Waals surface area contributed by atoms with Crippen LogP contribution in [0.25, 0.3) is 0 Å². The highest BCUT2D eigenvalue weighted by Crippen LogP contribution is 2.23. The number of hydrogen-bond donors (Lipinski definition) is 2. The van der Waals surface area contributed by atoms with Gasteiger partial charge < -0.3 is 15.2 Å². The van der Waals surface area contributed by atoms with E-state index in [4.69, 9.17) is 4.74 Å². The Morgan fingerprint density at radius 2 is 1.30 bits per heavy atom. The van der Waals surface area contributed by atoms with Gasteiger partial charge in [0, 0.05) is 19.8 Å². The number of carboxylic acid groups (broad SMARTS) is 1. The molecule has 1 unspecified atom stereocenters. The minimum absolute atomic E-state index is 0.0762. The second-order valence-electron chi connectivity index (χ2n) is 9.97. The number of allylic oxidation sites excluding steroid dienone is 12. The van der Waals surface area contributed by atoms with Crippen molar-refractivity contribution in [2.75, 3.05) is 0 Å².